The van der Waals surface area contributed by atoms with Crippen molar-refractivity contribution in [2.75, 3.05) is 19.6 Å². The molecule has 0 saturated heterocycles. The fourth-order valence-corrected chi connectivity index (χ4v) is 4.75. The van der Waals surface area contributed by atoms with E-state index in [1.807, 2.05) is 42.5 Å². The summed E-state index contributed by atoms with van der Waals surface area (Å²) in [5.74, 6) is 0.0151. The third kappa shape index (κ3) is 5.66. The molecule has 3 aromatic rings. The van der Waals surface area contributed by atoms with Crippen LogP contribution in [0.1, 0.15) is 47.7 Å². The Labute approximate surface area is 192 Å². The van der Waals surface area contributed by atoms with Gasteiger partial charge in [0.25, 0.3) is 5.91 Å². The second kappa shape index (κ2) is 11.1. The maximum absolute atomic E-state index is 12.5. The van der Waals surface area contributed by atoms with Crippen LogP contribution in [0.25, 0.3) is 11.1 Å². The van der Waals surface area contributed by atoms with Crippen molar-refractivity contribution in [1.82, 2.24) is 10.2 Å². The molecule has 0 aliphatic heterocycles. The van der Waals surface area contributed by atoms with E-state index in [-0.39, 0.29) is 5.91 Å². The van der Waals surface area contributed by atoms with Gasteiger partial charge < -0.3 is 5.32 Å². The first-order valence-electron chi connectivity index (χ1n) is 12.0. The maximum Gasteiger partial charge on any atom is 0.251 e. The van der Waals surface area contributed by atoms with E-state index in [1.54, 1.807) is 0 Å². The summed E-state index contributed by atoms with van der Waals surface area (Å²) >= 11 is 0. The molecule has 0 radical (unpaired) electrons. The number of nitrogens with one attached hydrogen (secondary N) is 1. The molecule has 0 unspecified atom stereocenters. The summed E-state index contributed by atoms with van der Waals surface area (Å²) in [5.41, 5.74) is 6.06. The lowest BCUT2D eigenvalue weighted by molar-refractivity contribution is 0.0952. The van der Waals surface area contributed by atoms with E-state index < -0.39 is 0 Å². The summed E-state index contributed by atoms with van der Waals surface area (Å²) in [6, 6.07) is 27.6. The molecule has 0 aromatic heterocycles. The second-order valence-electron chi connectivity index (χ2n) is 8.77. The zero-order valence-corrected chi connectivity index (χ0v) is 19.1. The zero-order chi connectivity index (χ0) is 22.2. The van der Waals surface area contributed by atoms with Crippen LogP contribution in [0.3, 0.4) is 0 Å². The highest BCUT2D eigenvalue weighted by molar-refractivity contribution is 5.94. The average Bonchev–Trinajstić information content (AvgIpc) is 3.28. The first kappa shape index (κ1) is 22.3. The van der Waals surface area contributed by atoms with E-state index in [4.69, 9.17) is 0 Å². The van der Waals surface area contributed by atoms with Gasteiger partial charge in [-0.05, 0) is 79.6 Å². The lowest BCUT2D eigenvalue weighted by Gasteiger charge is -2.28. The van der Waals surface area contributed by atoms with Crippen LogP contribution in [-0.4, -0.2) is 36.5 Å². The molecule has 1 amide bonds. The predicted octanol–water partition coefficient (Wildman–Crippen LogP) is 5.74. The van der Waals surface area contributed by atoms with Gasteiger partial charge in [0.1, 0.15) is 0 Å². The molecule has 4 rings (SSSR count). The molecule has 0 heterocycles. The van der Waals surface area contributed by atoms with Crippen LogP contribution in [0.15, 0.2) is 78.9 Å². The van der Waals surface area contributed by atoms with Crippen molar-refractivity contribution in [1.29, 1.82) is 0 Å². The van der Waals surface area contributed by atoms with Gasteiger partial charge in [-0.15, -0.1) is 0 Å². The minimum atomic E-state index is 0.0151. The van der Waals surface area contributed by atoms with Gasteiger partial charge in [0.15, 0.2) is 0 Å². The van der Waals surface area contributed by atoms with Gasteiger partial charge in [-0.3, -0.25) is 9.69 Å². The second-order valence-corrected chi connectivity index (χ2v) is 8.77. The van der Waals surface area contributed by atoms with Crippen LogP contribution in [0.4, 0.5) is 0 Å². The maximum atomic E-state index is 12.5. The Bertz CT molecular complexity index is 972. The molecule has 32 heavy (non-hydrogen) atoms. The molecule has 0 spiro atoms. The molecule has 3 heteroatoms. The minimum Gasteiger partial charge on any atom is -0.352 e. The Hall–Kier alpha value is -2.91. The zero-order valence-electron chi connectivity index (χ0n) is 19.1. The van der Waals surface area contributed by atoms with Crippen molar-refractivity contribution in [2.24, 2.45) is 0 Å². The molecule has 1 aliphatic rings. The Kier molecular flexibility index (Phi) is 7.73. The van der Waals surface area contributed by atoms with Crippen LogP contribution in [-0.2, 0) is 12.8 Å². The lowest BCUT2D eigenvalue weighted by atomic mass is 10.0. The molecule has 1 N–H and O–H groups in total. The third-order valence-electron chi connectivity index (χ3n) is 6.47. The fraction of sp³-hybridized carbons (Fsp3) is 0.345. The summed E-state index contributed by atoms with van der Waals surface area (Å²) in [5, 5.41) is 3.09. The number of rotatable bonds is 10. The number of nitrogens with zero attached hydrogens (tertiary/aromatic N) is 1. The van der Waals surface area contributed by atoms with E-state index >= 15 is 0 Å². The summed E-state index contributed by atoms with van der Waals surface area (Å²) in [7, 11) is 0. The van der Waals surface area contributed by atoms with Crippen molar-refractivity contribution in [3.63, 3.8) is 0 Å². The molecule has 3 nitrogen and oxygen atoms in total. The fourth-order valence-electron chi connectivity index (χ4n) is 4.75. The van der Waals surface area contributed by atoms with Crippen molar-refractivity contribution in [3.8, 4) is 11.1 Å². The number of unbranched alkanes of at least 4 members (excludes halogenated alkanes) is 1. The number of hydrogen-bond acceptors (Lipinski definition) is 2. The topological polar surface area (TPSA) is 32.3 Å². The van der Waals surface area contributed by atoms with Crippen molar-refractivity contribution in [3.05, 3.63) is 95.6 Å². The highest BCUT2D eigenvalue weighted by Crippen LogP contribution is 2.26. The molecule has 0 atom stereocenters. The summed E-state index contributed by atoms with van der Waals surface area (Å²) in [6.07, 6.45) is 5.65. The first-order valence-corrected chi connectivity index (χ1v) is 12.0. The highest BCUT2D eigenvalue weighted by atomic mass is 16.1. The van der Waals surface area contributed by atoms with Gasteiger partial charge >= 0.3 is 0 Å². The molecule has 166 valence electrons. The molecular weight excluding hydrogens is 392 g/mol. The lowest BCUT2D eigenvalue weighted by Crippen LogP contribution is -2.37. The van der Waals surface area contributed by atoms with Gasteiger partial charge in [-0.1, -0.05) is 73.7 Å². The smallest absolute Gasteiger partial charge is 0.251 e. The Morgan fingerprint density at radius 1 is 0.812 bits per heavy atom. The van der Waals surface area contributed by atoms with E-state index in [9.17, 15) is 4.79 Å². The van der Waals surface area contributed by atoms with Gasteiger partial charge in [-0.2, -0.15) is 0 Å². The van der Waals surface area contributed by atoms with Crippen molar-refractivity contribution < 1.29 is 4.79 Å². The number of carbonyl (C=O) groups excluding carboxylic acids is 1. The Balaban J connectivity index is 1.20. The SMILES string of the molecule is CCCN(CCCCNC(=O)c1ccc(-c2ccccc2)cc1)C1Cc2ccccc2C1. The standard InChI is InChI=1S/C29H34N2O/c1-2-19-31(28-21-26-12-6-7-13-27(26)22-28)20-9-8-18-30-29(32)25-16-14-24(15-17-25)23-10-4-3-5-11-23/h3-7,10-17,28H,2,8-9,18-22H2,1H3,(H,30,32). The van der Waals surface area contributed by atoms with Crippen molar-refractivity contribution >= 4 is 5.91 Å². The third-order valence-corrected chi connectivity index (χ3v) is 6.47. The summed E-state index contributed by atoms with van der Waals surface area (Å²) in [6.45, 7) is 5.25. The Morgan fingerprint density at radius 2 is 1.44 bits per heavy atom. The van der Waals surface area contributed by atoms with Gasteiger partial charge in [0, 0.05) is 18.2 Å². The van der Waals surface area contributed by atoms with E-state index in [0.29, 0.717) is 6.04 Å². The average molecular weight is 427 g/mol. The summed E-state index contributed by atoms with van der Waals surface area (Å²) in [4.78, 5) is 15.2. The van der Waals surface area contributed by atoms with Gasteiger partial charge in [0.2, 0.25) is 0 Å². The number of amides is 1. The van der Waals surface area contributed by atoms with Crippen LogP contribution >= 0.6 is 0 Å². The van der Waals surface area contributed by atoms with Gasteiger partial charge in [0.05, 0.1) is 0 Å². The van der Waals surface area contributed by atoms with E-state index in [2.05, 4.69) is 53.5 Å². The van der Waals surface area contributed by atoms with E-state index in [1.165, 1.54) is 36.0 Å². The molecule has 3 aromatic carbocycles. The number of carbonyl (C=O) groups is 1. The van der Waals surface area contributed by atoms with E-state index in [0.717, 1.165) is 43.6 Å². The molecule has 0 fully saturated rings. The highest BCUT2D eigenvalue weighted by Gasteiger charge is 2.25. The molecular formula is C29H34N2O. The number of fused-ring (bicyclic) bond motifs is 1. The van der Waals surface area contributed by atoms with Crippen molar-refractivity contribution in [2.45, 2.75) is 45.1 Å². The molecule has 0 saturated carbocycles. The monoisotopic (exact) mass is 426 g/mol. The van der Waals surface area contributed by atoms with Gasteiger partial charge in [-0.25, -0.2) is 0 Å². The van der Waals surface area contributed by atoms with Crippen LogP contribution in [0.2, 0.25) is 0 Å². The molecule has 1 aliphatic carbocycles. The molecule has 0 bridgehead atoms. The van der Waals surface area contributed by atoms with Crippen LogP contribution in [0.5, 0.6) is 0 Å². The quantitative estimate of drug-likeness (QED) is 0.419. The normalized spacial score (nSPS) is 13.3. The largest absolute Gasteiger partial charge is 0.352 e. The summed E-state index contributed by atoms with van der Waals surface area (Å²) < 4.78 is 0. The first-order chi connectivity index (χ1) is 15.7. The number of hydrogen-bond donors (Lipinski definition) is 1. The van der Waals surface area contributed by atoms with Crippen LogP contribution < -0.4 is 5.32 Å². The predicted molar refractivity (Wildman–Crippen MR) is 133 cm³/mol. The minimum absolute atomic E-state index is 0.0151. The number of benzene rings is 3. The van der Waals surface area contributed by atoms with Crippen LogP contribution in [0, 0.1) is 0 Å². The Morgan fingerprint density at radius 3 is 2.09 bits per heavy atom.